The van der Waals surface area contributed by atoms with Crippen LogP contribution in [0.4, 0.5) is 11.6 Å². The Labute approximate surface area is 214 Å². The van der Waals surface area contributed by atoms with Crippen LogP contribution in [0.1, 0.15) is 49.4 Å². The van der Waals surface area contributed by atoms with E-state index in [4.69, 9.17) is 4.98 Å². The smallest absolute Gasteiger partial charge is 0.264 e. The number of nitriles is 1. The predicted molar refractivity (Wildman–Crippen MR) is 138 cm³/mol. The van der Waals surface area contributed by atoms with E-state index in [1.54, 1.807) is 6.07 Å². The summed E-state index contributed by atoms with van der Waals surface area (Å²) in [6.07, 6.45) is 8.55. The number of hydrogen-bond acceptors (Lipinski definition) is 8. The first kappa shape index (κ1) is 25.6. The number of aryl methyl sites for hydroxylation is 2. The van der Waals surface area contributed by atoms with Crippen LogP contribution in [0.5, 0.6) is 0 Å². The SMILES string of the molecule is CCC(Sc1nc2c(cc1C#N)CCCCC2)C(=O)Nc1ccc(S(=O)(=O)Nc2ncccn2)cc1. The Hall–Kier alpha value is -3.49. The summed E-state index contributed by atoms with van der Waals surface area (Å²) in [4.78, 5) is 25.5. The van der Waals surface area contributed by atoms with Gasteiger partial charge in [0.15, 0.2) is 0 Å². The molecule has 0 fully saturated rings. The standard InChI is InChI=1S/C25H26N6O3S2/c1-2-22(35-24-18(16-26)15-17-7-4-3-5-8-21(17)30-24)23(32)29-19-9-11-20(12-10-19)36(33,34)31-25-27-13-6-14-28-25/h6,9-15,22H,2-5,7-8H2,1H3,(H,29,32)(H,27,28,31). The van der Waals surface area contributed by atoms with Crippen molar-refractivity contribution in [2.45, 2.75) is 60.6 Å². The van der Waals surface area contributed by atoms with E-state index in [2.05, 4.69) is 26.1 Å². The maximum absolute atomic E-state index is 13.0. The van der Waals surface area contributed by atoms with Gasteiger partial charge in [-0.15, -0.1) is 0 Å². The van der Waals surface area contributed by atoms with Gasteiger partial charge in [-0.1, -0.05) is 25.1 Å². The lowest BCUT2D eigenvalue weighted by atomic mass is 10.1. The number of sulfonamides is 1. The first-order chi connectivity index (χ1) is 17.4. The average Bonchev–Trinajstić information content (AvgIpc) is 3.12. The molecule has 1 amide bonds. The van der Waals surface area contributed by atoms with E-state index in [9.17, 15) is 18.5 Å². The topological polar surface area (TPSA) is 138 Å². The minimum absolute atomic E-state index is 0.0159. The van der Waals surface area contributed by atoms with Crippen molar-refractivity contribution in [3.05, 3.63) is 65.6 Å². The summed E-state index contributed by atoms with van der Waals surface area (Å²) < 4.78 is 27.4. The van der Waals surface area contributed by atoms with Gasteiger partial charge in [-0.2, -0.15) is 5.26 Å². The maximum Gasteiger partial charge on any atom is 0.264 e. The van der Waals surface area contributed by atoms with Gasteiger partial charge in [0, 0.05) is 23.8 Å². The van der Waals surface area contributed by atoms with Crippen molar-refractivity contribution in [3.63, 3.8) is 0 Å². The number of pyridine rings is 1. The van der Waals surface area contributed by atoms with Crippen LogP contribution < -0.4 is 10.0 Å². The van der Waals surface area contributed by atoms with E-state index in [1.807, 2.05) is 13.0 Å². The zero-order chi connectivity index (χ0) is 25.5. The van der Waals surface area contributed by atoms with Gasteiger partial charge < -0.3 is 5.32 Å². The Bertz CT molecular complexity index is 1370. The Morgan fingerprint density at radius 3 is 2.56 bits per heavy atom. The fourth-order valence-electron chi connectivity index (χ4n) is 3.89. The molecule has 2 heterocycles. The summed E-state index contributed by atoms with van der Waals surface area (Å²) in [7, 11) is -3.87. The fourth-order valence-corrected chi connectivity index (χ4v) is 5.84. The number of rotatable bonds is 8. The number of carbonyl (C=O) groups excluding carboxylic acids is 1. The summed E-state index contributed by atoms with van der Waals surface area (Å²) in [5.74, 6) is -0.268. The van der Waals surface area contributed by atoms with Crippen LogP contribution in [0.15, 0.2) is 58.7 Å². The molecule has 0 saturated heterocycles. The molecular formula is C25H26N6O3S2. The Morgan fingerprint density at radius 2 is 1.86 bits per heavy atom. The number of nitrogens with zero attached hydrogens (tertiary/aromatic N) is 4. The normalized spacial score (nSPS) is 14.1. The highest BCUT2D eigenvalue weighted by molar-refractivity contribution is 8.00. The fraction of sp³-hybridized carbons (Fsp3) is 0.320. The number of benzene rings is 1. The van der Waals surface area contributed by atoms with Crippen molar-refractivity contribution in [1.82, 2.24) is 15.0 Å². The lowest BCUT2D eigenvalue weighted by Crippen LogP contribution is -2.25. The first-order valence-electron chi connectivity index (χ1n) is 11.7. The van der Waals surface area contributed by atoms with Crippen LogP contribution in [-0.4, -0.2) is 34.5 Å². The second kappa shape index (κ2) is 11.5. The molecule has 0 saturated carbocycles. The van der Waals surface area contributed by atoms with E-state index in [0.29, 0.717) is 22.7 Å². The zero-order valence-electron chi connectivity index (χ0n) is 19.8. The highest BCUT2D eigenvalue weighted by Crippen LogP contribution is 2.31. The van der Waals surface area contributed by atoms with Crippen LogP contribution in [0, 0.1) is 11.3 Å². The maximum atomic E-state index is 13.0. The third-order valence-electron chi connectivity index (χ3n) is 5.78. The molecule has 4 rings (SSSR count). The third-order valence-corrected chi connectivity index (χ3v) is 8.49. The number of anilines is 2. The van der Waals surface area contributed by atoms with Gasteiger partial charge >= 0.3 is 0 Å². The van der Waals surface area contributed by atoms with Crippen LogP contribution >= 0.6 is 11.8 Å². The molecule has 36 heavy (non-hydrogen) atoms. The van der Waals surface area contributed by atoms with Gasteiger partial charge in [0.2, 0.25) is 11.9 Å². The summed E-state index contributed by atoms with van der Waals surface area (Å²) in [6.45, 7) is 1.90. The van der Waals surface area contributed by atoms with E-state index in [0.717, 1.165) is 43.4 Å². The number of thioether (sulfide) groups is 1. The monoisotopic (exact) mass is 522 g/mol. The first-order valence-corrected chi connectivity index (χ1v) is 14.1. The molecule has 3 aromatic rings. The summed E-state index contributed by atoms with van der Waals surface area (Å²) in [5, 5.41) is 12.6. The van der Waals surface area contributed by atoms with Gasteiger partial charge in [0.1, 0.15) is 11.1 Å². The second-order valence-corrected chi connectivity index (χ2v) is 11.2. The van der Waals surface area contributed by atoms with E-state index in [1.165, 1.54) is 48.4 Å². The molecule has 0 bridgehead atoms. The molecule has 2 aromatic heterocycles. The Balaban J connectivity index is 1.45. The Morgan fingerprint density at radius 1 is 1.14 bits per heavy atom. The van der Waals surface area contributed by atoms with Crippen LogP contribution in [-0.2, 0) is 27.7 Å². The molecule has 0 aliphatic heterocycles. The largest absolute Gasteiger partial charge is 0.325 e. The molecular weight excluding hydrogens is 496 g/mol. The molecule has 1 atom stereocenters. The highest BCUT2D eigenvalue weighted by Gasteiger charge is 2.23. The molecule has 1 aliphatic carbocycles. The molecule has 1 unspecified atom stereocenters. The molecule has 1 aromatic carbocycles. The number of carbonyl (C=O) groups is 1. The molecule has 1 aliphatic rings. The van der Waals surface area contributed by atoms with Crippen LogP contribution in [0.25, 0.3) is 0 Å². The van der Waals surface area contributed by atoms with E-state index >= 15 is 0 Å². The molecule has 11 heteroatoms. The number of fused-ring (bicyclic) bond motifs is 1. The molecule has 9 nitrogen and oxygen atoms in total. The second-order valence-electron chi connectivity index (χ2n) is 8.33. The number of aromatic nitrogens is 3. The van der Waals surface area contributed by atoms with Gasteiger partial charge in [0.25, 0.3) is 10.0 Å². The summed E-state index contributed by atoms with van der Waals surface area (Å²) >= 11 is 1.29. The van der Waals surface area contributed by atoms with Crippen molar-refractivity contribution in [2.75, 3.05) is 10.0 Å². The van der Waals surface area contributed by atoms with Crippen molar-refractivity contribution in [2.24, 2.45) is 0 Å². The van der Waals surface area contributed by atoms with E-state index < -0.39 is 15.3 Å². The summed E-state index contributed by atoms with van der Waals surface area (Å²) in [5.41, 5.74) is 3.12. The molecule has 0 radical (unpaired) electrons. The van der Waals surface area contributed by atoms with Crippen LogP contribution in [0.3, 0.4) is 0 Å². The number of amides is 1. The van der Waals surface area contributed by atoms with Crippen molar-refractivity contribution < 1.29 is 13.2 Å². The molecule has 2 N–H and O–H groups in total. The summed E-state index contributed by atoms with van der Waals surface area (Å²) in [6, 6.07) is 11.6. The van der Waals surface area contributed by atoms with Gasteiger partial charge in [0.05, 0.1) is 15.7 Å². The minimum atomic E-state index is -3.87. The minimum Gasteiger partial charge on any atom is -0.325 e. The highest BCUT2D eigenvalue weighted by atomic mass is 32.2. The van der Waals surface area contributed by atoms with Crippen molar-refractivity contribution in [1.29, 1.82) is 5.26 Å². The third kappa shape index (κ3) is 6.19. The quantitative estimate of drug-likeness (QED) is 0.329. The lowest BCUT2D eigenvalue weighted by Gasteiger charge is -2.16. The Kier molecular flexibility index (Phi) is 8.18. The number of hydrogen-bond donors (Lipinski definition) is 2. The van der Waals surface area contributed by atoms with E-state index in [-0.39, 0.29) is 16.8 Å². The lowest BCUT2D eigenvalue weighted by molar-refractivity contribution is -0.115. The molecule has 186 valence electrons. The molecule has 0 spiro atoms. The van der Waals surface area contributed by atoms with Crippen molar-refractivity contribution >= 4 is 39.3 Å². The van der Waals surface area contributed by atoms with Crippen molar-refractivity contribution in [3.8, 4) is 6.07 Å². The van der Waals surface area contributed by atoms with Gasteiger partial charge in [-0.25, -0.2) is 28.1 Å². The van der Waals surface area contributed by atoms with Crippen LogP contribution in [0.2, 0.25) is 0 Å². The number of nitrogens with one attached hydrogen (secondary N) is 2. The average molecular weight is 523 g/mol. The predicted octanol–water partition coefficient (Wildman–Crippen LogP) is 4.32. The zero-order valence-corrected chi connectivity index (χ0v) is 21.4. The van der Waals surface area contributed by atoms with Gasteiger partial charge in [-0.3, -0.25) is 4.79 Å². The van der Waals surface area contributed by atoms with Gasteiger partial charge in [-0.05, 0) is 74.1 Å².